The Labute approximate surface area is 170 Å². The van der Waals surface area contributed by atoms with Crippen LogP contribution in [-0.2, 0) is 9.53 Å². The van der Waals surface area contributed by atoms with E-state index in [1.54, 1.807) is 61.5 Å². The molecule has 2 N–H and O–H groups in total. The maximum atomic E-state index is 12.5. The summed E-state index contributed by atoms with van der Waals surface area (Å²) >= 11 is 6.16. The van der Waals surface area contributed by atoms with Crippen LogP contribution in [0.4, 0.5) is 0 Å². The lowest BCUT2D eigenvalue weighted by Gasteiger charge is -2.08. The highest BCUT2D eigenvalue weighted by Crippen LogP contribution is 2.31. The van der Waals surface area contributed by atoms with Gasteiger partial charge in [0.1, 0.15) is 17.0 Å². The van der Waals surface area contributed by atoms with Gasteiger partial charge in [-0.25, -0.2) is 4.79 Å². The first-order valence-electron chi connectivity index (χ1n) is 8.50. The highest BCUT2D eigenvalue weighted by molar-refractivity contribution is 6.33. The van der Waals surface area contributed by atoms with Crippen molar-refractivity contribution in [3.8, 4) is 11.3 Å². The van der Waals surface area contributed by atoms with Crippen molar-refractivity contribution >= 4 is 29.4 Å². The van der Waals surface area contributed by atoms with Crippen molar-refractivity contribution in [2.24, 2.45) is 0 Å². The van der Waals surface area contributed by atoms with E-state index in [1.807, 2.05) is 0 Å². The maximum absolute atomic E-state index is 12.5. The van der Waals surface area contributed by atoms with Crippen LogP contribution in [0.25, 0.3) is 11.3 Å². The van der Waals surface area contributed by atoms with Gasteiger partial charge < -0.3 is 9.26 Å². The van der Waals surface area contributed by atoms with Gasteiger partial charge >= 0.3 is 5.97 Å². The van der Waals surface area contributed by atoms with Gasteiger partial charge in [-0.05, 0) is 25.1 Å². The van der Waals surface area contributed by atoms with E-state index in [-0.39, 0.29) is 17.0 Å². The van der Waals surface area contributed by atoms with Crippen molar-refractivity contribution in [1.29, 1.82) is 0 Å². The molecule has 0 aliphatic heterocycles. The minimum absolute atomic E-state index is 0.0687. The lowest BCUT2D eigenvalue weighted by molar-refractivity contribution is -0.125. The van der Waals surface area contributed by atoms with Crippen molar-refractivity contribution < 1.29 is 23.6 Å². The number of carbonyl (C=O) groups is 3. The Kier molecular flexibility index (Phi) is 6.25. The summed E-state index contributed by atoms with van der Waals surface area (Å²) in [4.78, 5) is 36.2. The molecule has 1 aromatic heterocycles. The number of ether oxygens (including phenoxy) is 1. The summed E-state index contributed by atoms with van der Waals surface area (Å²) in [5.74, 6) is -1.79. The molecule has 0 atom stereocenters. The molecule has 0 bridgehead atoms. The Hall–Kier alpha value is -3.65. The van der Waals surface area contributed by atoms with Crippen molar-refractivity contribution in [2.75, 3.05) is 6.61 Å². The van der Waals surface area contributed by atoms with E-state index in [4.69, 9.17) is 20.9 Å². The zero-order valence-corrected chi connectivity index (χ0v) is 16.0. The molecule has 2 aromatic carbocycles. The van der Waals surface area contributed by atoms with E-state index in [2.05, 4.69) is 16.0 Å². The van der Waals surface area contributed by atoms with E-state index in [1.165, 1.54) is 0 Å². The number of amides is 2. The second kappa shape index (κ2) is 9.03. The van der Waals surface area contributed by atoms with Crippen molar-refractivity contribution in [2.45, 2.75) is 6.92 Å². The van der Waals surface area contributed by atoms with E-state index < -0.39 is 24.4 Å². The molecule has 2 amide bonds. The summed E-state index contributed by atoms with van der Waals surface area (Å²) in [6.45, 7) is 0.935. The van der Waals surface area contributed by atoms with Crippen LogP contribution in [-0.4, -0.2) is 29.5 Å². The average Bonchev–Trinajstić information content (AvgIpc) is 3.12. The third kappa shape index (κ3) is 4.80. The van der Waals surface area contributed by atoms with Crippen LogP contribution in [0, 0.1) is 6.92 Å². The maximum Gasteiger partial charge on any atom is 0.344 e. The second-order valence-electron chi connectivity index (χ2n) is 5.89. The third-order valence-electron chi connectivity index (χ3n) is 3.88. The zero-order valence-electron chi connectivity index (χ0n) is 15.3. The van der Waals surface area contributed by atoms with Crippen LogP contribution in [0.3, 0.4) is 0 Å². The Morgan fingerprint density at radius 1 is 1.03 bits per heavy atom. The van der Waals surface area contributed by atoms with Gasteiger partial charge in [0.15, 0.2) is 6.61 Å². The average molecular weight is 414 g/mol. The Morgan fingerprint density at radius 2 is 1.72 bits per heavy atom. The number of esters is 1. The number of hydrogen-bond donors (Lipinski definition) is 2. The first-order valence-corrected chi connectivity index (χ1v) is 8.87. The minimum atomic E-state index is -0.803. The molecule has 0 aliphatic rings. The van der Waals surface area contributed by atoms with Crippen molar-refractivity contribution in [3.05, 3.63) is 76.5 Å². The number of hydrazine groups is 1. The smallest absolute Gasteiger partial charge is 0.344 e. The molecular formula is C20H16ClN3O5. The number of nitrogens with one attached hydrogen (secondary N) is 2. The molecular weight excluding hydrogens is 398 g/mol. The highest BCUT2D eigenvalue weighted by atomic mass is 35.5. The third-order valence-corrected chi connectivity index (χ3v) is 4.21. The molecule has 8 nitrogen and oxygen atoms in total. The molecule has 1 heterocycles. The summed E-state index contributed by atoms with van der Waals surface area (Å²) in [6, 6.07) is 15.1. The Bertz CT molecular complexity index is 1050. The van der Waals surface area contributed by atoms with Gasteiger partial charge in [-0.15, -0.1) is 0 Å². The first kappa shape index (κ1) is 20.1. The Morgan fingerprint density at radius 3 is 2.45 bits per heavy atom. The van der Waals surface area contributed by atoms with Gasteiger partial charge in [0.05, 0.1) is 5.02 Å². The molecule has 0 unspecified atom stereocenters. The topological polar surface area (TPSA) is 111 Å². The lowest BCUT2D eigenvalue weighted by atomic mass is 10.1. The first-order chi connectivity index (χ1) is 14.0. The molecule has 29 heavy (non-hydrogen) atoms. The van der Waals surface area contributed by atoms with Crippen LogP contribution in [0.2, 0.25) is 5.02 Å². The zero-order chi connectivity index (χ0) is 20.8. The fourth-order valence-electron chi connectivity index (χ4n) is 2.48. The van der Waals surface area contributed by atoms with Crippen LogP contribution >= 0.6 is 11.6 Å². The van der Waals surface area contributed by atoms with Gasteiger partial charge in [0.2, 0.25) is 0 Å². The molecule has 0 spiro atoms. The van der Waals surface area contributed by atoms with Crippen molar-refractivity contribution in [1.82, 2.24) is 16.0 Å². The molecule has 0 fully saturated rings. The molecule has 0 saturated carbocycles. The number of aromatic nitrogens is 1. The second-order valence-corrected chi connectivity index (χ2v) is 6.29. The standard InChI is InChI=1S/C20H16ClN3O5/c1-12-17(18(24-29-12)14-9-5-6-10-15(14)21)20(27)28-11-16(25)22-23-19(26)13-7-3-2-4-8-13/h2-10H,11H2,1H3,(H,22,25)(H,23,26). The summed E-state index contributed by atoms with van der Waals surface area (Å²) in [5.41, 5.74) is 5.57. The Balaban J connectivity index is 1.60. The summed E-state index contributed by atoms with van der Waals surface area (Å²) < 4.78 is 10.1. The lowest BCUT2D eigenvalue weighted by Crippen LogP contribution is -2.43. The quantitative estimate of drug-likeness (QED) is 0.491. The monoisotopic (exact) mass is 413 g/mol. The summed E-state index contributed by atoms with van der Waals surface area (Å²) in [7, 11) is 0. The molecule has 0 aliphatic carbocycles. The normalized spacial score (nSPS) is 10.3. The highest BCUT2D eigenvalue weighted by Gasteiger charge is 2.25. The van der Waals surface area contributed by atoms with Gasteiger partial charge in [-0.1, -0.05) is 53.2 Å². The van der Waals surface area contributed by atoms with E-state index >= 15 is 0 Å². The molecule has 9 heteroatoms. The molecule has 148 valence electrons. The predicted octanol–water partition coefficient (Wildman–Crippen LogP) is 2.92. The number of aryl methyl sites for hydroxylation is 1. The minimum Gasteiger partial charge on any atom is -0.452 e. The SMILES string of the molecule is Cc1onc(-c2ccccc2Cl)c1C(=O)OCC(=O)NNC(=O)c1ccccc1. The summed E-state index contributed by atoms with van der Waals surface area (Å²) in [6.07, 6.45) is 0. The van der Waals surface area contributed by atoms with Gasteiger partial charge in [-0.3, -0.25) is 20.4 Å². The fraction of sp³-hybridized carbons (Fsp3) is 0.100. The van der Waals surface area contributed by atoms with Gasteiger partial charge in [0, 0.05) is 11.1 Å². The fourth-order valence-corrected chi connectivity index (χ4v) is 2.70. The molecule has 3 aromatic rings. The van der Waals surface area contributed by atoms with E-state index in [9.17, 15) is 14.4 Å². The number of carbonyl (C=O) groups excluding carboxylic acids is 3. The van der Waals surface area contributed by atoms with Crippen LogP contribution in [0.1, 0.15) is 26.5 Å². The van der Waals surface area contributed by atoms with E-state index in [0.717, 1.165) is 0 Å². The number of rotatable bonds is 5. The number of benzene rings is 2. The van der Waals surface area contributed by atoms with Crippen LogP contribution < -0.4 is 10.9 Å². The molecule has 3 rings (SSSR count). The number of hydrogen-bond acceptors (Lipinski definition) is 6. The molecule has 0 saturated heterocycles. The number of nitrogens with zero attached hydrogens (tertiary/aromatic N) is 1. The van der Waals surface area contributed by atoms with E-state index in [0.29, 0.717) is 16.1 Å². The van der Waals surface area contributed by atoms with Crippen LogP contribution in [0.5, 0.6) is 0 Å². The van der Waals surface area contributed by atoms with Crippen LogP contribution in [0.15, 0.2) is 59.1 Å². The largest absolute Gasteiger partial charge is 0.452 e. The van der Waals surface area contributed by atoms with Crippen molar-refractivity contribution in [3.63, 3.8) is 0 Å². The van der Waals surface area contributed by atoms with Gasteiger partial charge in [0.25, 0.3) is 11.8 Å². The van der Waals surface area contributed by atoms with Gasteiger partial charge in [-0.2, -0.15) is 0 Å². The predicted molar refractivity (Wildman–Crippen MR) is 104 cm³/mol. The number of halogens is 1. The molecule has 0 radical (unpaired) electrons. The summed E-state index contributed by atoms with van der Waals surface area (Å²) in [5, 5.41) is 4.26.